The Morgan fingerprint density at radius 2 is 1.95 bits per heavy atom. The van der Waals surface area contributed by atoms with Gasteiger partial charge in [-0.2, -0.15) is 0 Å². The van der Waals surface area contributed by atoms with Crippen LogP contribution < -0.4 is 5.32 Å². The van der Waals surface area contributed by atoms with Crippen molar-refractivity contribution in [1.29, 1.82) is 0 Å². The number of carboxylic acids is 1. The summed E-state index contributed by atoms with van der Waals surface area (Å²) < 4.78 is 5.44. The van der Waals surface area contributed by atoms with Crippen LogP contribution in [0.25, 0.3) is 0 Å². The molecule has 0 aromatic heterocycles. The summed E-state index contributed by atoms with van der Waals surface area (Å²) in [4.78, 5) is 23.3. The second kappa shape index (κ2) is 5.74. The highest BCUT2D eigenvalue weighted by Gasteiger charge is 2.39. The largest absolute Gasteiger partial charge is 0.481 e. The topological polar surface area (TPSA) is 75.6 Å². The summed E-state index contributed by atoms with van der Waals surface area (Å²) in [7, 11) is 1.66. The van der Waals surface area contributed by atoms with E-state index in [1.807, 2.05) is 12.2 Å². The summed E-state index contributed by atoms with van der Waals surface area (Å²) in [5, 5.41) is 12.0. The van der Waals surface area contributed by atoms with Gasteiger partial charge in [-0.1, -0.05) is 12.2 Å². The maximum atomic E-state index is 12.2. The quantitative estimate of drug-likeness (QED) is 0.737. The second-order valence-corrected chi connectivity index (χ2v) is 5.45. The average Bonchev–Trinajstić information content (AvgIpc) is 2.37. The molecular weight excluding hydrogens is 246 g/mol. The van der Waals surface area contributed by atoms with Crippen LogP contribution in [0.15, 0.2) is 12.2 Å². The third kappa shape index (κ3) is 2.97. The molecule has 1 amide bonds. The van der Waals surface area contributed by atoms with Gasteiger partial charge in [0.15, 0.2) is 0 Å². The number of carbonyl (C=O) groups is 2. The van der Waals surface area contributed by atoms with Crippen molar-refractivity contribution in [2.24, 2.45) is 11.8 Å². The van der Waals surface area contributed by atoms with Crippen LogP contribution >= 0.6 is 0 Å². The molecule has 2 unspecified atom stereocenters. The SMILES string of the molecule is COC1(CNC(=O)C2CC=CCC2C(=O)O)CCC1. The van der Waals surface area contributed by atoms with Crippen molar-refractivity contribution in [2.45, 2.75) is 37.7 Å². The first-order valence-corrected chi connectivity index (χ1v) is 6.79. The van der Waals surface area contributed by atoms with Crippen LogP contribution in [0, 0.1) is 11.8 Å². The minimum atomic E-state index is -0.894. The zero-order valence-electron chi connectivity index (χ0n) is 11.2. The van der Waals surface area contributed by atoms with E-state index in [9.17, 15) is 9.59 Å². The van der Waals surface area contributed by atoms with Gasteiger partial charge >= 0.3 is 5.97 Å². The van der Waals surface area contributed by atoms with Gasteiger partial charge in [-0.3, -0.25) is 9.59 Å². The highest BCUT2D eigenvalue weighted by atomic mass is 16.5. The molecule has 5 heteroatoms. The van der Waals surface area contributed by atoms with E-state index < -0.39 is 17.8 Å². The molecule has 2 N–H and O–H groups in total. The molecule has 2 aliphatic rings. The number of nitrogens with one attached hydrogen (secondary N) is 1. The van der Waals surface area contributed by atoms with Crippen LogP contribution in [0.3, 0.4) is 0 Å². The summed E-state index contributed by atoms with van der Waals surface area (Å²) in [5.41, 5.74) is -0.223. The van der Waals surface area contributed by atoms with Crippen molar-refractivity contribution in [3.63, 3.8) is 0 Å². The van der Waals surface area contributed by atoms with Crippen LogP contribution in [0.4, 0.5) is 0 Å². The molecule has 2 rings (SSSR count). The van der Waals surface area contributed by atoms with Crippen LogP contribution in [-0.2, 0) is 14.3 Å². The van der Waals surface area contributed by atoms with Gasteiger partial charge < -0.3 is 15.2 Å². The van der Waals surface area contributed by atoms with Gasteiger partial charge in [0, 0.05) is 13.7 Å². The van der Waals surface area contributed by atoms with Crippen molar-refractivity contribution in [3.8, 4) is 0 Å². The lowest BCUT2D eigenvalue weighted by molar-refractivity contribution is -0.148. The molecule has 0 bridgehead atoms. The fraction of sp³-hybridized carbons (Fsp3) is 0.714. The number of carbonyl (C=O) groups excluding carboxylic acids is 1. The Morgan fingerprint density at radius 1 is 1.32 bits per heavy atom. The van der Waals surface area contributed by atoms with Gasteiger partial charge in [-0.25, -0.2) is 0 Å². The Kier molecular flexibility index (Phi) is 4.24. The van der Waals surface area contributed by atoms with Crippen molar-refractivity contribution >= 4 is 11.9 Å². The minimum absolute atomic E-state index is 0.167. The number of allylic oxidation sites excluding steroid dienone is 2. The Hall–Kier alpha value is -1.36. The van der Waals surface area contributed by atoms with Crippen LogP contribution in [0.5, 0.6) is 0 Å². The average molecular weight is 267 g/mol. The number of hydrogen-bond donors (Lipinski definition) is 2. The first-order valence-electron chi connectivity index (χ1n) is 6.79. The second-order valence-electron chi connectivity index (χ2n) is 5.45. The van der Waals surface area contributed by atoms with Crippen LogP contribution in [0.1, 0.15) is 32.1 Å². The smallest absolute Gasteiger partial charge is 0.307 e. The van der Waals surface area contributed by atoms with E-state index in [1.54, 1.807) is 7.11 Å². The molecule has 0 saturated heterocycles. The minimum Gasteiger partial charge on any atom is -0.481 e. The normalized spacial score (nSPS) is 28.5. The summed E-state index contributed by atoms with van der Waals surface area (Å²) in [6, 6.07) is 0. The van der Waals surface area contributed by atoms with E-state index in [2.05, 4.69) is 5.32 Å². The number of amides is 1. The molecule has 0 heterocycles. The molecule has 19 heavy (non-hydrogen) atoms. The number of hydrogen-bond acceptors (Lipinski definition) is 3. The summed E-state index contributed by atoms with van der Waals surface area (Å²) in [5.74, 6) is -2.13. The summed E-state index contributed by atoms with van der Waals surface area (Å²) >= 11 is 0. The first-order chi connectivity index (χ1) is 9.08. The number of methoxy groups -OCH3 is 1. The maximum absolute atomic E-state index is 12.2. The lowest BCUT2D eigenvalue weighted by Crippen LogP contribution is -2.51. The molecule has 2 aliphatic carbocycles. The summed E-state index contributed by atoms with van der Waals surface area (Å²) in [6.07, 6.45) is 7.69. The number of aliphatic carboxylic acids is 1. The van der Waals surface area contributed by atoms with Crippen molar-refractivity contribution < 1.29 is 19.4 Å². The van der Waals surface area contributed by atoms with Gasteiger partial charge in [-0.15, -0.1) is 0 Å². The highest BCUT2D eigenvalue weighted by Crippen LogP contribution is 2.34. The molecule has 0 radical (unpaired) electrons. The van der Waals surface area contributed by atoms with E-state index in [4.69, 9.17) is 9.84 Å². The van der Waals surface area contributed by atoms with E-state index in [-0.39, 0.29) is 11.5 Å². The maximum Gasteiger partial charge on any atom is 0.307 e. The van der Waals surface area contributed by atoms with Crippen LogP contribution in [0.2, 0.25) is 0 Å². The van der Waals surface area contributed by atoms with Crippen molar-refractivity contribution in [1.82, 2.24) is 5.32 Å². The number of ether oxygens (including phenoxy) is 1. The lowest BCUT2D eigenvalue weighted by atomic mass is 9.79. The molecule has 0 aromatic rings. The van der Waals surface area contributed by atoms with E-state index in [1.165, 1.54) is 0 Å². The van der Waals surface area contributed by atoms with E-state index in [0.29, 0.717) is 19.4 Å². The predicted octanol–water partition coefficient (Wildman–Crippen LogP) is 1.34. The standard InChI is InChI=1S/C14H21NO4/c1-19-14(7-4-8-14)9-15-12(16)10-5-2-3-6-11(10)13(17)18/h2-3,10-11H,4-9H2,1H3,(H,15,16)(H,17,18). The van der Waals surface area contributed by atoms with Gasteiger partial charge in [0.25, 0.3) is 0 Å². The fourth-order valence-corrected chi connectivity index (χ4v) is 2.78. The van der Waals surface area contributed by atoms with Gasteiger partial charge in [0.1, 0.15) is 0 Å². The third-order valence-corrected chi connectivity index (χ3v) is 4.37. The zero-order chi connectivity index (χ0) is 13.9. The van der Waals surface area contributed by atoms with Gasteiger partial charge in [0.05, 0.1) is 17.4 Å². The van der Waals surface area contributed by atoms with Crippen LogP contribution in [-0.4, -0.2) is 36.2 Å². The monoisotopic (exact) mass is 267 g/mol. The molecule has 106 valence electrons. The van der Waals surface area contributed by atoms with E-state index >= 15 is 0 Å². The van der Waals surface area contributed by atoms with E-state index in [0.717, 1.165) is 19.3 Å². The first kappa shape index (κ1) is 14.1. The Balaban J connectivity index is 1.91. The van der Waals surface area contributed by atoms with Crippen molar-refractivity contribution in [2.75, 3.05) is 13.7 Å². The third-order valence-electron chi connectivity index (χ3n) is 4.37. The molecule has 0 aromatic carbocycles. The summed E-state index contributed by atoms with van der Waals surface area (Å²) in [6.45, 7) is 0.481. The zero-order valence-corrected chi connectivity index (χ0v) is 11.2. The predicted molar refractivity (Wildman–Crippen MR) is 69.6 cm³/mol. The van der Waals surface area contributed by atoms with Gasteiger partial charge in [-0.05, 0) is 32.1 Å². The highest BCUT2D eigenvalue weighted by molar-refractivity contribution is 5.85. The lowest BCUT2D eigenvalue weighted by Gasteiger charge is -2.41. The van der Waals surface area contributed by atoms with Gasteiger partial charge in [0.2, 0.25) is 5.91 Å². The molecule has 0 spiro atoms. The Labute approximate surface area is 113 Å². The fourth-order valence-electron chi connectivity index (χ4n) is 2.78. The molecule has 5 nitrogen and oxygen atoms in total. The molecule has 0 aliphatic heterocycles. The molecule has 1 fully saturated rings. The number of carboxylic acid groups (broad SMARTS) is 1. The Bertz CT molecular complexity index is 381. The Morgan fingerprint density at radius 3 is 2.42 bits per heavy atom. The molecule has 1 saturated carbocycles. The molecular formula is C14H21NO4. The van der Waals surface area contributed by atoms with Crippen molar-refractivity contribution in [3.05, 3.63) is 12.2 Å². The number of rotatable bonds is 5. The molecule has 2 atom stereocenters.